The molecular weight excluding hydrogens is 565 g/mol. The summed E-state index contributed by atoms with van der Waals surface area (Å²) in [5, 5.41) is 9.77. The zero-order chi connectivity index (χ0) is 29.8. The van der Waals surface area contributed by atoms with Gasteiger partial charge in [-0.1, -0.05) is 22.7 Å². The van der Waals surface area contributed by atoms with Crippen LogP contribution in [0.1, 0.15) is 41.9 Å². The maximum Gasteiger partial charge on any atom is 0.416 e. The molecule has 0 aliphatic heterocycles. The first-order valence-corrected chi connectivity index (χ1v) is 13.7. The fourth-order valence-corrected chi connectivity index (χ4v) is 5.87. The van der Waals surface area contributed by atoms with Crippen molar-refractivity contribution in [3.63, 3.8) is 0 Å². The number of nitrogens with zero attached hydrogens (tertiary/aromatic N) is 6. The van der Waals surface area contributed by atoms with E-state index in [9.17, 15) is 31.6 Å². The molecule has 2 aromatic heterocycles. The molecule has 1 aliphatic rings. The van der Waals surface area contributed by atoms with E-state index >= 15 is 0 Å². The van der Waals surface area contributed by atoms with Crippen molar-refractivity contribution < 1.29 is 36.0 Å². The van der Waals surface area contributed by atoms with Crippen LogP contribution in [0.2, 0.25) is 0 Å². The van der Waals surface area contributed by atoms with Gasteiger partial charge in [-0.15, -0.1) is 0 Å². The van der Waals surface area contributed by atoms with E-state index in [4.69, 9.17) is 4.74 Å². The summed E-state index contributed by atoms with van der Waals surface area (Å²) in [4.78, 5) is 28.7. The Morgan fingerprint density at radius 2 is 1.93 bits per heavy atom. The second kappa shape index (κ2) is 12.1. The summed E-state index contributed by atoms with van der Waals surface area (Å²) >= 11 is 0. The Bertz CT molecular complexity index is 1530. The van der Waals surface area contributed by atoms with E-state index in [-0.39, 0.29) is 40.2 Å². The summed E-state index contributed by atoms with van der Waals surface area (Å²) in [5.41, 5.74) is -0.303. The lowest BCUT2D eigenvalue weighted by Gasteiger charge is -2.39. The number of nitriles is 1. The Kier molecular flexibility index (Phi) is 8.74. The number of alkyl halides is 3. The quantitative estimate of drug-likeness (QED) is 0.268. The molecule has 0 spiro atoms. The van der Waals surface area contributed by atoms with Crippen LogP contribution in [0.15, 0.2) is 60.0 Å². The van der Waals surface area contributed by atoms with Gasteiger partial charge in [0.05, 0.1) is 11.8 Å². The van der Waals surface area contributed by atoms with E-state index in [1.165, 1.54) is 24.4 Å². The molecule has 11 nitrogen and oxygen atoms in total. The van der Waals surface area contributed by atoms with E-state index in [1.807, 2.05) is 25.1 Å². The lowest BCUT2D eigenvalue weighted by Crippen LogP contribution is -2.46. The van der Waals surface area contributed by atoms with E-state index in [0.717, 1.165) is 24.7 Å². The summed E-state index contributed by atoms with van der Waals surface area (Å²) in [6.07, 6.45) is -0.182. The Hall–Kier alpha value is -4.29. The van der Waals surface area contributed by atoms with Crippen molar-refractivity contribution in [1.29, 1.82) is 5.26 Å². The highest BCUT2D eigenvalue weighted by Crippen LogP contribution is 2.39. The molecule has 0 unspecified atom stereocenters. The zero-order valence-electron chi connectivity index (χ0n) is 21.9. The molecule has 41 heavy (non-hydrogen) atoms. The van der Waals surface area contributed by atoms with Gasteiger partial charge in [0.15, 0.2) is 5.82 Å². The second-order valence-corrected chi connectivity index (χ2v) is 11.2. The number of carbonyl (C=O) groups is 1. The number of pyridine rings is 1. The van der Waals surface area contributed by atoms with Gasteiger partial charge in [-0.05, 0) is 57.0 Å². The minimum absolute atomic E-state index is 0.0904. The van der Waals surface area contributed by atoms with Crippen molar-refractivity contribution in [3.8, 4) is 11.9 Å². The van der Waals surface area contributed by atoms with Crippen molar-refractivity contribution in [2.24, 2.45) is 0 Å². The third-order valence-electron chi connectivity index (χ3n) is 6.72. The SMILES string of the molecule is CN(C)[C@H]1C[C@@H](c2cccc(C(F)(F)F)c2)CC[C@@H]1Oc1ncc(S(=O)(=O)N(OC=O)c2ccncn2)cc1C#N. The average molecular weight is 591 g/mol. The van der Waals surface area contributed by atoms with Crippen molar-refractivity contribution in [2.45, 2.75) is 48.4 Å². The molecule has 1 fully saturated rings. The predicted molar refractivity (Wildman–Crippen MR) is 138 cm³/mol. The number of carbonyl (C=O) groups excluding carboxylic acids is 1. The fourth-order valence-electron chi connectivity index (χ4n) is 4.72. The minimum atomic E-state index is -4.54. The topological polar surface area (TPSA) is 139 Å². The van der Waals surface area contributed by atoms with E-state index in [0.29, 0.717) is 24.8 Å². The molecule has 15 heteroatoms. The van der Waals surface area contributed by atoms with Crippen LogP contribution in [0.5, 0.6) is 5.88 Å². The first-order chi connectivity index (χ1) is 19.5. The molecule has 1 aliphatic carbocycles. The number of likely N-dealkylation sites (N-methyl/N-ethyl adjacent to an activating group) is 1. The van der Waals surface area contributed by atoms with Crippen LogP contribution >= 0.6 is 0 Å². The largest absolute Gasteiger partial charge is 0.472 e. The number of aromatic nitrogens is 3. The van der Waals surface area contributed by atoms with Gasteiger partial charge in [0, 0.05) is 18.3 Å². The van der Waals surface area contributed by atoms with Crippen LogP contribution < -0.4 is 9.21 Å². The average Bonchev–Trinajstić information content (AvgIpc) is 2.96. The van der Waals surface area contributed by atoms with Gasteiger partial charge in [0.2, 0.25) is 5.88 Å². The summed E-state index contributed by atoms with van der Waals surface area (Å²) < 4.78 is 72.6. The number of sulfonamides is 1. The molecule has 0 saturated heterocycles. The third-order valence-corrected chi connectivity index (χ3v) is 8.25. The van der Waals surface area contributed by atoms with Crippen molar-refractivity contribution in [3.05, 3.63) is 71.8 Å². The van der Waals surface area contributed by atoms with Crippen LogP contribution in [0, 0.1) is 11.3 Å². The molecule has 0 amide bonds. The Morgan fingerprint density at radius 1 is 1.15 bits per heavy atom. The second-order valence-electron chi connectivity index (χ2n) is 9.46. The van der Waals surface area contributed by atoms with Gasteiger partial charge in [-0.25, -0.2) is 15.0 Å². The van der Waals surface area contributed by atoms with Crippen LogP contribution in [0.3, 0.4) is 0 Å². The molecule has 0 N–H and O–H groups in total. The first-order valence-electron chi connectivity index (χ1n) is 12.3. The summed E-state index contributed by atoms with van der Waals surface area (Å²) in [6, 6.07) is 9.18. The number of benzene rings is 1. The normalized spacial score (nSPS) is 19.3. The van der Waals surface area contributed by atoms with E-state index in [2.05, 4.69) is 19.8 Å². The highest BCUT2D eigenvalue weighted by atomic mass is 32.2. The number of hydrogen-bond acceptors (Lipinski definition) is 10. The smallest absolute Gasteiger partial charge is 0.416 e. The summed E-state index contributed by atoms with van der Waals surface area (Å²) in [6.45, 7) is -0.0904. The maximum absolute atomic E-state index is 13.3. The van der Waals surface area contributed by atoms with E-state index in [1.54, 1.807) is 6.07 Å². The lowest BCUT2D eigenvalue weighted by atomic mass is 9.79. The Labute approximate surface area is 234 Å². The van der Waals surface area contributed by atoms with E-state index < -0.39 is 32.8 Å². The number of ether oxygens (including phenoxy) is 1. The van der Waals surface area contributed by atoms with Gasteiger partial charge in [0.1, 0.15) is 29.0 Å². The predicted octanol–water partition coefficient (Wildman–Crippen LogP) is 3.69. The van der Waals surface area contributed by atoms with Crippen molar-refractivity contribution in [2.75, 3.05) is 18.6 Å². The fraction of sp³-hybridized carbons (Fsp3) is 0.346. The van der Waals surface area contributed by atoms with Crippen LogP contribution in [0.4, 0.5) is 19.0 Å². The molecular formula is C26H25F3N6O5S. The maximum atomic E-state index is 13.3. The van der Waals surface area contributed by atoms with Gasteiger partial charge in [-0.2, -0.15) is 26.9 Å². The highest BCUT2D eigenvalue weighted by molar-refractivity contribution is 7.92. The Morgan fingerprint density at radius 3 is 2.56 bits per heavy atom. The minimum Gasteiger partial charge on any atom is -0.472 e. The number of halogens is 3. The van der Waals surface area contributed by atoms with Gasteiger partial charge < -0.3 is 14.5 Å². The monoisotopic (exact) mass is 590 g/mol. The van der Waals surface area contributed by atoms with Gasteiger partial charge in [-0.3, -0.25) is 4.79 Å². The lowest BCUT2D eigenvalue weighted by molar-refractivity contribution is -0.137. The standard InChI is InChI=1S/C26H25F3N6O5S/c1-34(2)22-12-18(17-4-3-5-20(10-17)26(27,28)29)6-7-23(22)40-25-19(13-30)11-21(14-32-25)41(37,38)35(39-16-36)24-8-9-31-15-33-24/h3-5,8-11,14-16,18,22-23H,6-7,12H2,1-2H3/t18-,22-,23-/m0/s1. The number of hydrogen-bond donors (Lipinski definition) is 0. The van der Waals surface area contributed by atoms with Crippen LogP contribution in [-0.4, -0.2) is 61.0 Å². The molecule has 3 aromatic rings. The molecule has 4 rings (SSSR count). The molecule has 216 valence electrons. The number of anilines is 1. The molecule has 1 aromatic carbocycles. The molecule has 3 atom stereocenters. The summed E-state index contributed by atoms with van der Waals surface area (Å²) in [5.74, 6) is -0.505. The van der Waals surface area contributed by atoms with Crippen LogP contribution in [-0.2, 0) is 25.8 Å². The molecule has 1 saturated carbocycles. The van der Waals surface area contributed by atoms with Gasteiger partial charge in [0.25, 0.3) is 10.0 Å². The third kappa shape index (κ3) is 6.55. The van der Waals surface area contributed by atoms with Crippen LogP contribution in [0.25, 0.3) is 0 Å². The summed E-state index contributed by atoms with van der Waals surface area (Å²) in [7, 11) is -0.907. The Balaban J connectivity index is 1.57. The van der Waals surface area contributed by atoms with Gasteiger partial charge >= 0.3 is 12.6 Å². The highest BCUT2D eigenvalue weighted by Gasteiger charge is 2.37. The van der Waals surface area contributed by atoms with Crippen molar-refractivity contribution >= 4 is 22.3 Å². The zero-order valence-corrected chi connectivity index (χ0v) is 22.7. The van der Waals surface area contributed by atoms with Crippen molar-refractivity contribution in [1.82, 2.24) is 19.9 Å². The molecule has 0 bridgehead atoms. The molecule has 0 radical (unpaired) electrons. The first kappa shape index (κ1) is 29.7. The number of rotatable bonds is 9. The molecule has 2 heterocycles.